The summed E-state index contributed by atoms with van der Waals surface area (Å²) in [6.07, 6.45) is 3.30. The van der Waals surface area contributed by atoms with Crippen molar-refractivity contribution in [3.05, 3.63) is 64.6 Å². The Bertz CT molecular complexity index is 1370. The van der Waals surface area contributed by atoms with Crippen LogP contribution in [0.25, 0.3) is 16.7 Å². The Morgan fingerprint density at radius 1 is 1.09 bits per heavy atom. The molecule has 0 spiro atoms. The lowest BCUT2D eigenvalue weighted by molar-refractivity contribution is -0.117. The van der Waals surface area contributed by atoms with E-state index in [1.165, 1.54) is 10.2 Å². The van der Waals surface area contributed by atoms with Crippen LogP contribution < -0.4 is 15.9 Å². The Kier molecular flexibility index (Phi) is 6.27. The smallest absolute Gasteiger partial charge is 0.351 e. The third-order valence-electron chi connectivity index (χ3n) is 6.05. The molecule has 3 heterocycles. The Hall–Kier alpha value is -3.72. The first-order valence-electron chi connectivity index (χ1n) is 11.7. The summed E-state index contributed by atoms with van der Waals surface area (Å²) in [6.45, 7) is 4.48. The van der Waals surface area contributed by atoms with Crippen molar-refractivity contribution in [3.8, 4) is 0 Å². The minimum Gasteiger partial charge on any atom is -0.378 e. The van der Waals surface area contributed by atoms with E-state index >= 15 is 0 Å². The summed E-state index contributed by atoms with van der Waals surface area (Å²) < 4.78 is 8.22. The van der Waals surface area contributed by atoms with Gasteiger partial charge < -0.3 is 15.0 Å². The normalized spacial score (nSPS) is 14.1. The molecule has 0 saturated carbocycles. The lowest BCUT2D eigenvalue weighted by Crippen LogP contribution is -2.37. The van der Waals surface area contributed by atoms with Gasteiger partial charge in [0, 0.05) is 18.8 Å². The molecule has 1 amide bonds. The lowest BCUT2D eigenvalue weighted by atomic mass is 10.1. The molecule has 176 valence electrons. The number of aryl methyl sites for hydroxylation is 1. The van der Waals surface area contributed by atoms with E-state index in [-0.39, 0.29) is 18.1 Å². The minimum absolute atomic E-state index is 0.186. The summed E-state index contributed by atoms with van der Waals surface area (Å²) in [4.78, 5) is 32.9. The molecule has 4 aromatic rings. The number of hydrogen-bond acceptors (Lipinski definition) is 6. The van der Waals surface area contributed by atoms with Gasteiger partial charge >= 0.3 is 5.69 Å². The zero-order chi connectivity index (χ0) is 23.5. The molecule has 2 aromatic carbocycles. The maximum Gasteiger partial charge on any atom is 0.351 e. The Morgan fingerprint density at radius 3 is 2.62 bits per heavy atom. The number of nitrogens with one attached hydrogen (secondary N) is 1. The van der Waals surface area contributed by atoms with Crippen molar-refractivity contribution < 1.29 is 9.53 Å². The number of para-hydroxylation sites is 2. The summed E-state index contributed by atoms with van der Waals surface area (Å²) in [5, 5.41) is 7.40. The Balaban J connectivity index is 1.44. The molecule has 1 aliphatic rings. The van der Waals surface area contributed by atoms with Crippen molar-refractivity contribution in [1.29, 1.82) is 0 Å². The summed E-state index contributed by atoms with van der Waals surface area (Å²) in [5.74, 6) is 0.318. The quantitative estimate of drug-likeness (QED) is 0.456. The molecular formula is C25H28N6O3. The number of amides is 1. The zero-order valence-electron chi connectivity index (χ0n) is 19.2. The summed E-state index contributed by atoms with van der Waals surface area (Å²) >= 11 is 0. The highest BCUT2D eigenvalue weighted by Crippen LogP contribution is 2.23. The molecule has 5 rings (SSSR count). The predicted octanol–water partition coefficient (Wildman–Crippen LogP) is 2.86. The lowest BCUT2D eigenvalue weighted by Gasteiger charge is -2.27. The molecule has 9 heteroatoms. The van der Waals surface area contributed by atoms with Gasteiger partial charge in [0.2, 0.25) is 11.6 Å². The molecule has 1 fully saturated rings. The van der Waals surface area contributed by atoms with Crippen LogP contribution in [-0.2, 0) is 22.5 Å². The van der Waals surface area contributed by atoms with Gasteiger partial charge in [-0.1, -0.05) is 37.6 Å². The Labute approximate surface area is 197 Å². The minimum atomic E-state index is -0.367. The first kappa shape index (κ1) is 22.1. The molecule has 1 saturated heterocycles. The van der Waals surface area contributed by atoms with Gasteiger partial charge in [-0.25, -0.2) is 18.9 Å². The second-order valence-corrected chi connectivity index (χ2v) is 8.47. The number of ether oxygens (including phenoxy) is 1. The van der Waals surface area contributed by atoms with Gasteiger partial charge in [0.1, 0.15) is 6.54 Å². The van der Waals surface area contributed by atoms with E-state index in [1.54, 1.807) is 4.40 Å². The number of hydrogen-bond donors (Lipinski definition) is 1. The van der Waals surface area contributed by atoms with Gasteiger partial charge in [-0.3, -0.25) is 4.79 Å². The first-order valence-corrected chi connectivity index (χ1v) is 11.7. The number of unbranched alkanes of at least 4 members (excludes halogenated alkanes) is 1. The fourth-order valence-corrected chi connectivity index (χ4v) is 4.24. The zero-order valence-corrected chi connectivity index (χ0v) is 19.2. The highest BCUT2D eigenvalue weighted by molar-refractivity contribution is 5.90. The van der Waals surface area contributed by atoms with E-state index in [4.69, 9.17) is 9.72 Å². The van der Waals surface area contributed by atoms with Crippen molar-refractivity contribution in [1.82, 2.24) is 19.2 Å². The van der Waals surface area contributed by atoms with Crippen molar-refractivity contribution in [2.45, 2.75) is 32.7 Å². The summed E-state index contributed by atoms with van der Waals surface area (Å²) in [6, 6.07) is 15.3. The summed E-state index contributed by atoms with van der Waals surface area (Å²) in [7, 11) is 0. The number of carbonyl (C=O) groups is 1. The second-order valence-electron chi connectivity index (χ2n) is 8.47. The van der Waals surface area contributed by atoms with Gasteiger partial charge in [-0.2, -0.15) is 0 Å². The van der Waals surface area contributed by atoms with Crippen LogP contribution in [-0.4, -0.2) is 51.4 Å². The van der Waals surface area contributed by atoms with Crippen LogP contribution in [0.3, 0.4) is 0 Å². The number of benzene rings is 2. The van der Waals surface area contributed by atoms with E-state index in [2.05, 4.69) is 22.2 Å². The van der Waals surface area contributed by atoms with Crippen LogP contribution >= 0.6 is 0 Å². The average molecular weight is 461 g/mol. The molecule has 1 aliphatic heterocycles. The number of aromatic nitrogens is 4. The Morgan fingerprint density at radius 2 is 1.85 bits per heavy atom. The van der Waals surface area contributed by atoms with Crippen LogP contribution in [0.1, 0.15) is 25.3 Å². The SMILES string of the molecule is CCCCc1ccc(NC(=O)Cn2nc3c(N4CCOCC4)nc4ccccc4n3c2=O)cc1. The van der Waals surface area contributed by atoms with Gasteiger partial charge in [-0.15, -0.1) is 5.10 Å². The van der Waals surface area contributed by atoms with E-state index < -0.39 is 0 Å². The highest BCUT2D eigenvalue weighted by atomic mass is 16.5. The fraction of sp³-hybridized carbons (Fsp3) is 0.360. The van der Waals surface area contributed by atoms with E-state index in [1.807, 2.05) is 48.5 Å². The number of carbonyl (C=O) groups excluding carboxylic acids is 1. The number of rotatable bonds is 7. The van der Waals surface area contributed by atoms with E-state index in [9.17, 15) is 9.59 Å². The van der Waals surface area contributed by atoms with Crippen LogP contribution in [0.4, 0.5) is 11.5 Å². The van der Waals surface area contributed by atoms with Crippen LogP contribution in [0.5, 0.6) is 0 Å². The summed E-state index contributed by atoms with van der Waals surface area (Å²) in [5.41, 5.74) is 3.38. The molecule has 1 N–H and O–H groups in total. The molecule has 9 nitrogen and oxygen atoms in total. The number of nitrogens with zero attached hydrogens (tertiary/aromatic N) is 5. The topological polar surface area (TPSA) is 93.8 Å². The number of morpholine rings is 1. The standard InChI is InChI=1S/C25H28N6O3/c1-2-3-6-18-9-11-19(12-10-18)26-22(32)17-30-25(33)31-21-8-5-4-7-20(21)27-23(24(31)28-30)29-13-15-34-16-14-29/h4-5,7-12H,2-3,6,13-17H2,1H3,(H,26,32). The van der Waals surface area contributed by atoms with Crippen molar-refractivity contribution in [3.63, 3.8) is 0 Å². The molecule has 0 radical (unpaired) electrons. The van der Waals surface area contributed by atoms with Crippen molar-refractivity contribution in [2.24, 2.45) is 0 Å². The van der Waals surface area contributed by atoms with Gasteiger partial charge in [0.25, 0.3) is 0 Å². The molecule has 0 unspecified atom stereocenters. The average Bonchev–Trinajstić information content (AvgIpc) is 3.19. The second kappa shape index (κ2) is 9.64. The molecule has 0 bridgehead atoms. The van der Waals surface area contributed by atoms with Gasteiger partial charge in [0.05, 0.1) is 24.2 Å². The molecule has 34 heavy (non-hydrogen) atoms. The maximum absolute atomic E-state index is 13.3. The monoisotopic (exact) mass is 460 g/mol. The third-order valence-corrected chi connectivity index (χ3v) is 6.05. The van der Waals surface area contributed by atoms with Crippen LogP contribution in [0.15, 0.2) is 53.3 Å². The first-order chi connectivity index (χ1) is 16.6. The van der Waals surface area contributed by atoms with E-state index in [0.29, 0.717) is 54.5 Å². The third kappa shape index (κ3) is 4.38. The highest BCUT2D eigenvalue weighted by Gasteiger charge is 2.22. The number of anilines is 2. The maximum atomic E-state index is 13.3. The van der Waals surface area contributed by atoms with Gasteiger partial charge in [0.15, 0.2) is 5.82 Å². The molecular weight excluding hydrogens is 432 g/mol. The molecule has 0 atom stereocenters. The predicted molar refractivity (Wildman–Crippen MR) is 131 cm³/mol. The van der Waals surface area contributed by atoms with Crippen molar-refractivity contribution >= 4 is 34.1 Å². The van der Waals surface area contributed by atoms with Crippen LogP contribution in [0, 0.1) is 0 Å². The fourth-order valence-electron chi connectivity index (χ4n) is 4.24. The van der Waals surface area contributed by atoms with Crippen LogP contribution in [0.2, 0.25) is 0 Å². The largest absolute Gasteiger partial charge is 0.378 e. The number of fused-ring (bicyclic) bond motifs is 3. The van der Waals surface area contributed by atoms with Crippen molar-refractivity contribution in [2.75, 3.05) is 36.5 Å². The molecule has 0 aliphatic carbocycles. The van der Waals surface area contributed by atoms with E-state index in [0.717, 1.165) is 19.3 Å². The van der Waals surface area contributed by atoms with Gasteiger partial charge in [-0.05, 0) is 42.7 Å². The molecule has 2 aromatic heterocycles.